The van der Waals surface area contributed by atoms with Crippen molar-refractivity contribution in [1.82, 2.24) is 0 Å². The molecule has 0 fully saturated rings. The molecular weight excluding hydrogens is 533 g/mol. The summed E-state index contributed by atoms with van der Waals surface area (Å²) in [6.07, 6.45) is -12.7. The molecule has 0 radical (unpaired) electrons. The number of hydrogen-bond donors (Lipinski definition) is 0. The van der Waals surface area contributed by atoms with Crippen molar-refractivity contribution in [3.05, 3.63) is 35.4 Å². The molecule has 2 nitrogen and oxygen atoms in total. The molecule has 17 heteroatoms. The predicted octanol–water partition coefficient (Wildman–Crippen LogP) is 7.34. The molecule has 0 N–H and O–H groups in total. The van der Waals surface area contributed by atoms with Gasteiger partial charge in [-0.2, -0.15) is 65.9 Å². The average molecular weight is 546 g/mol. The first-order chi connectivity index (χ1) is 15.3. The Labute approximate surface area is 186 Å². The summed E-state index contributed by atoms with van der Waals surface area (Å²) in [6.45, 7) is 1.05. The van der Waals surface area contributed by atoms with Crippen LogP contribution in [0, 0.1) is 0 Å². The molecule has 1 aromatic carbocycles. The summed E-state index contributed by atoms with van der Waals surface area (Å²) in [5, 5.41) is 0. The topological polar surface area (TPSA) is 26.3 Å². The fraction of sp³-hybridized carbons (Fsp3) is 0.611. The van der Waals surface area contributed by atoms with Crippen LogP contribution in [-0.2, 0) is 4.74 Å². The van der Waals surface area contributed by atoms with Crippen LogP contribution in [0.15, 0.2) is 24.3 Å². The van der Waals surface area contributed by atoms with Gasteiger partial charge in [-0.3, -0.25) is 4.79 Å². The summed E-state index contributed by atoms with van der Waals surface area (Å²) in [7, 11) is 0.544. The molecule has 1 aromatic rings. The molecule has 0 spiro atoms. The lowest BCUT2D eigenvalue weighted by Crippen LogP contribution is -2.72. The summed E-state index contributed by atoms with van der Waals surface area (Å²) in [5.41, 5.74) is -0.586. The Bertz CT molecular complexity index is 903. The summed E-state index contributed by atoms with van der Waals surface area (Å²) in [5.74, 6) is -47.4. The lowest BCUT2D eigenvalue weighted by Gasteiger charge is -2.42. The Balaban J connectivity index is 3.47. The first-order valence-electron chi connectivity index (χ1n) is 8.80. The van der Waals surface area contributed by atoms with Crippen LogP contribution in [-0.4, -0.2) is 54.6 Å². The van der Waals surface area contributed by atoms with Gasteiger partial charge in [-0.25, -0.2) is 0 Å². The van der Waals surface area contributed by atoms with E-state index in [0.29, 0.717) is 7.11 Å². The van der Waals surface area contributed by atoms with E-state index in [2.05, 4.69) is 4.74 Å². The van der Waals surface area contributed by atoms with Crippen molar-refractivity contribution in [2.24, 2.45) is 0 Å². The SMILES string of the molecule is COC(CC(F)(F)C(F)(F)C(F)(F)C(F)(F)C(F)(F)C(F)(F)C(F)(F)F)c1ccc(C(C)=O)cc1. The van der Waals surface area contributed by atoms with Gasteiger partial charge < -0.3 is 4.74 Å². The van der Waals surface area contributed by atoms with Crippen molar-refractivity contribution < 1.29 is 75.4 Å². The third kappa shape index (κ3) is 4.79. The molecule has 0 amide bonds. The Kier molecular flexibility index (Phi) is 7.95. The van der Waals surface area contributed by atoms with Crippen LogP contribution in [0.2, 0.25) is 0 Å². The van der Waals surface area contributed by atoms with Crippen LogP contribution in [0.1, 0.15) is 35.4 Å². The fourth-order valence-corrected chi connectivity index (χ4v) is 2.63. The Morgan fingerprint density at radius 3 is 1.40 bits per heavy atom. The van der Waals surface area contributed by atoms with Gasteiger partial charge in [0.2, 0.25) is 0 Å². The minimum absolute atomic E-state index is 0.0558. The molecule has 0 aliphatic carbocycles. The molecule has 0 saturated carbocycles. The third-order valence-corrected chi connectivity index (χ3v) is 4.81. The van der Waals surface area contributed by atoms with E-state index in [9.17, 15) is 70.7 Å². The smallest absolute Gasteiger partial charge is 0.377 e. The number of halogens is 15. The quantitative estimate of drug-likeness (QED) is 0.227. The number of carbonyl (C=O) groups is 1. The van der Waals surface area contributed by atoms with Crippen LogP contribution in [0.3, 0.4) is 0 Å². The summed E-state index contributed by atoms with van der Waals surface area (Å²) in [6, 6.07) is 3.46. The molecule has 1 atom stereocenters. The first-order valence-corrected chi connectivity index (χ1v) is 8.80. The highest BCUT2D eigenvalue weighted by molar-refractivity contribution is 5.94. The van der Waals surface area contributed by atoms with E-state index in [1.165, 1.54) is 0 Å². The van der Waals surface area contributed by atoms with E-state index in [1.807, 2.05) is 0 Å². The summed E-state index contributed by atoms with van der Waals surface area (Å²) >= 11 is 0. The second kappa shape index (κ2) is 9.03. The Hall–Kier alpha value is -2.20. The lowest BCUT2D eigenvalue weighted by molar-refractivity contribution is -0.453. The Morgan fingerprint density at radius 1 is 0.686 bits per heavy atom. The van der Waals surface area contributed by atoms with Gasteiger partial charge in [-0.05, 0) is 12.5 Å². The highest BCUT2D eigenvalue weighted by Crippen LogP contribution is 2.63. The summed E-state index contributed by atoms with van der Waals surface area (Å²) < 4.78 is 203. The number of alkyl halides is 15. The van der Waals surface area contributed by atoms with Gasteiger partial charge in [-0.15, -0.1) is 0 Å². The van der Waals surface area contributed by atoms with Crippen molar-refractivity contribution >= 4 is 5.78 Å². The molecule has 0 saturated heterocycles. The second-order valence-electron chi connectivity index (χ2n) is 7.18. The number of hydrogen-bond acceptors (Lipinski definition) is 2. The number of Topliss-reactive ketones (excluding diaryl/α,β-unsaturated/α-hetero) is 1. The van der Waals surface area contributed by atoms with E-state index in [4.69, 9.17) is 0 Å². The van der Waals surface area contributed by atoms with Gasteiger partial charge in [0.1, 0.15) is 0 Å². The zero-order valence-electron chi connectivity index (χ0n) is 17.1. The highest BCUT2D eigenvalue weighted by atomic mass is 19.4. The number of ketones is 1. The van der Waals surface area contributed by atoms with Crippen LogP contribution in [0.25, 0.3) is 0 Å². The zero-order chi connectivity index (χ0) is 28.1. The Morgan fingerprint density at radius 2 is 1.06 bits per heavy atom. The van der Waals surface area contributed by atoms with E-state index >= 15 is 0 Å². The second-order valence-corrected chi connectivity index (χ2v) is 7.18. The zero-order valence-corrected chi connectivity index (χ0v) is 17.1. The van der Waals surface area contributed by atoms with Gasteiger partial charge in [-0.1, -0.05) is 24.3 Å². The molecule has 0 aromatic heterocycles. The number of carbonyl (C=O) groups excluding carboxylic acids is 1. The largest absolute Gasteiger partial charge is 0.460 e. The number of methoxy groups -OCH3 is 1. The first kappa shape index (κ1) is 30.8. The van der Waals surface area contributed by atoms with E-state index in [1.54, 1.807) is 0 Å². The lowest BCUT2D eigenvalue weighted by atomic mass is 9.88. The van der Waals surface area contributed by atoms with Crippen LogP contribution < -0.4 is 0 Å². The maximum Gasteiger partial charge on any atom is 0.460 e. The predicted molar refractivity (Wildman–Crippen MR) is 86.6 cm³/mol. The minimum atomic E-state index is -8.34. The van der Waals surface area contributed by atoms with Crippen molar-refractivity contribution in [2.45, 2.75) is 61.2 Å². The maximum atomic E-state index is 14.1. The van der Waals surface area contributed by atoms with Gasteiger partial charge in [0.25, 0.3) is 0 Å². The normalized spacial score (nSPS) is 15.8. The van der Waals surface area contributed by atoms with Crippen molar-refractivity contribution in [2.75, 3.05) is 7.11 Å². The minimum Gasteiger partial charge on any atom is -0.377 e. The van der Waals surface area contributed by atoms with E-state index in [-0.39, 0.29) is 5.56 Å². The molecule has 35 heavy (non-hydrogen) atoms. The standard InChI is InChI=1S/C18H13F15O2/c1-8(34)9-3-5-10(6-4-9)11(35-2)7-12(19,20)13(21,22)14(23,24)15(25,26)16(27,28)17(29,30)18(31,32)33/h3-6,11H,7H2,1-2H3. The average Bonchev–Trinajstić information content (AvgIpc) is 2.70. The number of rotatable bonds is 10. The van der Waals surface area contributed by atoms with Gasteiger partial charge in [0.05, 0.1) is 6.10 Å². The van der Waals surface area contributed by atoms with Crippen LogP contribution >= 0.6 is 0 Å². The van der Waals surface area contributed by atoms with Crippen LogP contribution in [0.4, 0.5) is 65.9 Å². The molecule has 0 bridgehead atoms. The molecule has 0 heterocycles. The summed E-state index contributed by atoms with van der Waals surface area (Å²) in [4.78, 5) is 11.2. The van der Waals surface area contributed by atoms with Crippen molar-refractivity contribution in [3.8, 4) is 0 Å². The molecule has 0 aliphatic heterocycles. The van der Waals surface area contributed by atoms with Gasteiger partial charge >= 0.3 is 41.7 Å². The molecule has 1 rings (SSSR count). The number of benzene rings is 1. The van der Waals surface area contributed by atoms with Crippen molar-refractivity contribution in [1.29, 1.82) is 0 Å². The third-order valence-electron chi connectivity index (χ3n) is 4.81. The van der Waals surface area contributed by atoms with Gasteiger partial charge in [0.15, 0.2) is 5.78 Å². The van der Waals surface area contributed by atoms with E-state index < -0.39 is 65.6 Å². The maximum absolute atomic E-state index is 14.1. The van der Waals surface area contributed by atoms with Crippen molar-refractivity contribution in [3.63, 3.8) is 0 Å². The fourth-order valence-electron chi connectivity index (χ4n) is 2.63. The number of ether oxygens (including phenoxy) is 1. The molecule has 0 aliphatic rings. The molecule has 1 unspecified atom stereocenters. The highest BCUT2D eigenvalue weighted by Gasteiger charge is 2.93. The van der Waals surface area contributed by atoms with Crippen LogP contribution in [0.5, 0.6) is 0 Å². The van der Waals surface area contributed by atoms with Gasteiger partial charge in [0, 0.05) is 19.1 Å². The monoisotopic (exact) mass is 546 g/mol. The van der Waals surface area contributed by atoms with E-state index in [0.717, 1.165) is 31.2 Å². The molecular formula is C18H13F15O2. The molecule has 202 valence electrons.